The standard InChI is InChI=1S/C11H15BrN2O2S2/c12-9-2-3-11(10(13)8-9)18(15,16)14-4-1-6-17-7-5-14/h2-3,8H,1,4-7,13H2. The summed E-state index contributed by atoms with van der Waals surface area (Å²) in [6.07, 6.45) is 0.889. The summed E-state index contributed by atoms with van der Waals surface area (Å²) in [7, 11) is -3.46. The van der Waals surface area contributed by atoms with E-state index in [0.717, 1.165) is 22.4 Å². The normalized spacial score (nSPS) is 18.5. The van der Waals surface area contributed by atoms with E-state index in [1.165, 1.54) is 4.31 Å². The number of anilines is 1. The Hall–Kier alpha value is -0.240. The van der Waals surface area contributed by atoms with Crippen LogP contribution in [0.2, 0.25) is 0 Å². The fourth-order valence-electron chi connectivity index (χ4n) is 1.86. The Balaban J connectivity index is 2.34. The monoisotopic (exact) mass is 350 g/mol. The van der Waals surface area contributed by atoms with Gasteiger partial charge in [-0.3, -0.25) is 0 Å². The van der Waals surface area contributed by atoms with E-state index in [0.29, 0.717) is 18.8 Å². The highest BCUT2D eigenvalue weighted by atomic mass is 79.9. The van der Waals surface area contributed by atoms with Crippen molar-refractivity contribution in [1.29, 1.82) is 0 Å². The van der Waals surface area contributed by atoms with Gasteiger partial charge in [-0.05, 0) is 30.4 Å². The van der Waals surface area contributed by atoms with Crippen LogP contribution in [-0.4, -0.2) is 37.3 Å². The van der Waals surface area contributed by atoms with Crippen molar-refractivity contribution in [3.8, 4) is 0 Å². The molecule has 0 spiro atoms. The topological polar surface area (TPSA) is 63.4 Å². The number of hydrogen-bond acceptors (Lipinski definition) is 4. The number of rotatable bonds is 2. The van der Waals surface area contributed by atoms with Gasteiger partial charge in [0.1, 0.15) is 4.90 Å². The van der Waals surface area contributed by atoms with Crippen molar-refractivity contribution in [3.63, 3.8) is 0 Å². The van der Waals surface area contributed by atoms with Crippen LogP contribution in [0.4, 0.5) is 5.69 Å². The van der Waals surface area contributed by atoms with Crippen molar-refractivity contribution in [2.75, 3.05) is 30.3 Å². The quantitative estimate of drug-likeness (QED) is 0.830. The minimum atomic E-state index is -3.46. The molecule has 2 rings (SSSR count). The van der Waals surface area contributed by atoms with E-state index in [-0.39, 0.29) is 4.90 Å². The molecule has 7 heteroatoms. The number of nitrogens with two attached hydrogens (primary N) is 1. The maximum absolute atomic E-state index is 12.5. The van der Waals surface area contributed by atoms with Gasteiger partial charge in [0.05, 0.1) is 5.69 Å². The first-order chi connectivity index (χ1) is 8.51. The van der Waals surface area contributed by atoms with Crippen molar-refractivity contribution in [2.45, 2.75) is 11.3 Å². The molecule has 1 aromatic rings. The molecular weight excluding hydrogens is 336 g/mol. The molecule has 1 fully saturated rings. The number of hydrogen-bond donors (Lipinski definition) is 1. The van der Waals surface area contributed by atoms with Crippen molar-refractivity contribution in [1.82, 2.24) is 4.31 Å². The Morgan fingerprint density at radius 3 is 2.78 bits per heavy atom. The Labute approximate surface area is 120 Å². The number of nitrogen functional groups attached to an aromatic ring is 1. The van der Waals surface area contributed by atoms with Gasteiger partial charge in [0.15, 0.2) is 0 Å². The van der Waals surface area contributed by atoms with Crippen LogP contribution in [0, 0.1) is 0 Å². The van der Waals surface area contributed by atoms with Gasteiger partial charge < -0.3 is 5.73 Å². The Bertz CT molecular complexity index is 526. The van der Waals surface area contributed by atoms with Gasteiger partial charge in [0.2, 0.25) is 10.0 Å². The SMILES string of the molecule is Nc1cc(Br)ccc1S(=O)(=O)N1CCCSCC1. The van der Waals surface area contributed by atoms with Crippen LogP contribution in [0.25, 0.3) is 0 Å². The van der Waals surface area contributed by atoms with E-state index in [4.69, 9.17) is 5.73 Å². The number of halogens is 1. The highest BCUT2D eigenvalue weighted by molar-refractivity contribution is 9.10. The van der Waals surface area contributed by atoms with Crippen LogP contribution >= 0.6 is 27.7 Å². The van der Waals surface area contributed by atoms with E-state index in [9.17, 15) is 8.42 Å². The molecule has 0 atom stereocenters. The molecule has 0 saturated carbocycles. The Morgan fingerprint density at radius 2 is 2.06 bits per heavy atom. The zero-order valence-corrected chi connectivity index (χ0v) is 13.0. The van der Waals surface area contributed by atoms with Crippen molar-refractivity contribution >= 4 is 43.4 Å². The first-order valence-electron chi connectivity index (χ1n) is 5.65. The third kappa shape index (κ3) is 3.01. The lowest BCUT2D eigenvalue weighted by atomic mass is 10.3. The molecule has 0 aromatic heterocycles. The predicted molar refractivity (Wildman–Crippen MR) is 79.3 cm³/mol. The van der Waals surface area contributed by atoms with Gasteiger partial charge >= 0.3 is 0 Å². The Kier molecular flexibility index (Phi) is 4.58. The van der Waals surface area contributed by atoms with E-state index in [1.807, 2.05) is 0 Å². The summed E-state index contributed by atoms with van der Waals surface area (Å²) in [6.45, 7) is 1.13. The molecule has 1 heterocycles. The lowest BCUT2D eigenvalue weighted by Crippen LogP contribution is -2.33. The molecule has 1 aliphatic rings. The van der Waals surface area contributed by atoms with E-state index < -0.39 is 10.0 Å². The van der Waals surface area contributed by atoms with Crippen LogP contribution in [0.3, 0.4) is 0 Å². The lowest BCUT2D eigenvalue weighted by molar-refractivity contribution is 0.435. The smallest absolute Gasteiger partial charge is 0.245 e. The van der Waals surface area contributed by atoms with Gasteiger partial charge in [0.25, 0.3) is 0 Å². The van der Waals surface area contributed by atoms with Crippen molar-refractivity contribution in [2.24, 2.45) is 0 Å². The average Bonchev–Trinajstić information content (AvgIpc) is 2.57. The molecule has 0 bridgehead atoms. The summed E-state index contributed by atoms with van der Waals surface area (Å²) in [6, 6.07) is 4.89. The van der Waals surface area contributed by atoms with Crippen molar-refractivity contribution in [3.05, 3.63) is 22.7 Å². The molecule has 1 aromatic carbocycles. The lowest BCUT2D eigenvalue weighted by Gasteiger charge is -2.20. The summed E-state index contributed by atoms with van der Waals surface area (Å²) in [5, 5.41) is 0. The second-order valence-electron chi connectivity index (χ2n) is 4.05. The third-order valence-corrected chi connectivity index (χ3v) is 6.29. The summed E-state index contributed by atoms with van der Waals surface area (Å²) >= 11 is 5.07. The van der Waals surface area contributed by atoms with Crippen LogP contribution < -0.4 is 5.73 Å². The molecule has 2 N–H and O–H groups in total. The third-order valence-electron chi connectivity index (χ3n) is 2.77. The summed E-state index contributed by atoms with van der Waals surface area (Å²) in [4.78, 5) is 0.206. The molecule has 0 aliphatic carbocycles. The maximum atomic E-state index is 12.5. The maximum Gasteiger partial charge on any atom is 0.245 e. The average molecular weight is 351 g/mol. The fraction of sp³-hybridized carbons (Fsp3) is 0.455. The summed E-state index contributed by atoms with van der Waals surface area (Å²) in [5.41, 5.74) is 6.11. The van der Waals surface area contributed by atoms with Gasteiger partial charge in [0, 0.05) is 23.3 Å². The second-order valence-corrected chi connectivity index (χ2v) is 8.10. The van der Waals surface area contributed by atoms with Crippen molar-refractivity contribution < 1.29 is 8.42 Å². The molecular formula is C11H15BrN2O2S2. The summed E-state index contributed by atoms with van der Waals surface area (Å²) in [5.74, 6) is 1.86. The van der Waals surface area contributed by atoms with Crippen LogP contribution in [0.5, 0.6) is 0 Å². The zero-order valence-electron chi connectivity index (χ0n) is 9.80. The van der Waals surface area contributed by atoms with Crippen LogP contribution in [-0.2, 0) is 10.0 Å². The second kappa shape index (κ2) is 5.81. The first-order valence-corrected chi connectivity index (χ1v) is 9.03. The highest BCUT2D eigenvalue weighted by Crippen LogP contribution is 2.27. The van der Waals surface area contributed by atoms with E-state index in [1.54, 1.807) is 30.0 Å². The Morgan fingerprint density at radius 1 is 1.28 bits per heavy atom. The zero-order chi connectivity index (χ0) is 13.2. The minimum absolute atomic E-state index is 0.206. The molecule has 0 amide bonds. The summed E-state index contributed by atoms with van der Waals surface area (Å²) < 4.78 is 27.3. The molecule has 4 nitrogen and oxygen atoms in total. The molecule has 100 valence electrons. The number of sulfonamides is 1. The molecule has 18 heavy (non-hydrogen) atoms. The minimum Gasteiger partial charge on any atom is -0.398 e. The van der Waals surface area contributed by atoms with E-state index in [2.05, 4.69) is 15.9 Å². The van der Waals surface area contributed by atoms with Gasteiger partial charge in [-0.25, -0.2) is 8.42 Å². The predicted octanol–water partition coefficient (Wildman–Crippen LogP) is 2.16. The number of thioether (sulfide) groups is 1. The molecule has 1 aliphatic heterocycles. The van der Waals surface area contributed by atoms with E-state index >= 15 is 0 Å². The molecule has 1 saturated heterocycles. The molecule has 0 unspecified atom stereocenters. The van der Waals surface area contributed by atoms with Crippen LogP contribution in [0.15, 0.2) is 27.6 Å². The largest absolute Gasteiger partial charge is 0.398 e. The highest BCUT2D eigenvalue weighted by Gasteiger charge is 2.26. The first kappa shape index (κ1) is 14.2. The van der Waals surface area contributed by atoms with Gasteiger partial charge in [-0.2, -0.15) is 16.1 Å². The fourth-order valence-corrected chi connectivity index (χ4v) is 4.81. The number of nitrogens with zero attached hydrogens (tertiary/aromatic N) is 1. The number of benzene rings is 1. The van der Waals surface area contributed by atoms with Gasteiger partial charge in [-0.15, -0.1) is 0 Å². The molecule has 0 radical (unpaired) electrons. The van der Waals surface area contributed by atoms with Crippen LogP contribution in [0.1, 0.15) is 6.42 Å². The van der Waals surface area contributed by atoms with Gasteiger partial charge in [-0.1, -0.05) is 15.9 Å².